The molecule has 2 aromatic rings. The van der Waals surface area contributed by atoms with E-state index in [4.69, 9.17) is 4.52 Å². The molecule has 8 nitrogen and oxygen atoms in total. The van der Waals surface area contributed by atoms with Crippen molar-refractivity contribution < 1.29 is 14.1 Å². The van der Waals surface area contributed by atoms with Crippen LogP contribution in [0.2, 0.25) is 0 Å². The highest BCUT2D eigenvalue weighted by atomic mass is 16.5. The average molecular weight is 442 g/mol. The van der Waals surface area contributed by atoms with Gasteiger partial charge in [0.05, 0.1) is 6.54 Å². The van der Waals surface area contributed by atoms with Gasteiger partial charge >= 0.3 is 6.03 Å². The molecule has 3 heterocycles. The predicted octanol–water partition coefficient (Wildman–Crippen LogP) is 3.67. The number of nitrogens with one attached hydrogen (secondary N) is 2. The fourth-order valence-corrected chi connectivity index (χ4v) is 5.04. The smallest absolute Gasteiger partial charge is 0.315 e. The number of rotatable bonds is 6. The zero-order chi connectivity index (χ0) is 22.7. The van der Waals surface area contributed by atoms with Crippen LogP contribution in [-0.2, 0) is 0 Å². The van der Waals surface area contributed by atoms with E-state index in [-0.39, 0.29) is 17.9 Å². The number of Topliss-reactive ketones (excluding diaryl/α,β-unsaturated/α-hetero) is 1. The third-order valence-electron chi connectivity index (χ3n) is 6.81. The summed E-state index contributed by atoms with van der Waals surface area (Å²) in [7, 11) is 0. The molecule has 0 spiro atoms. The molecule has 2 aliphatic rings. The van der Waals surface area contributed by atoms with Crippen molar-refractivity contribution in [3.8, 4) is 5.82 Å². The number of hydrogen-bond donors (Lipinski definition) is 2. The molecule has 0 aromatic carbocycles. The summed E-state index contributed by atoms with van der Waals surface area (Å²) in [4.78, 5) is 27.5. The number of piperidine rings is 1. The van der Waals surface area contributed by atoms with Crippen LogP contribution in [0.25, 0.3) is 5.82 Å². The van der Waals surface area contributed by atoms with Crippen LogP contribution in [0.15, 0.2) is 16.7 Å². The Bertz CT molecular complexity index is 949. The van der Waals surface area contributed by atoms with Gasteiger partial charge in [0.1, 0.15) is 5.76 Å². The molecule has 2 fully saturated rings. The lowest BCUT2D eigenvalue weighted by molar-refractivity contribution is 0.0904. The summed E-state index contributed by atoms with van der Waals surface area (Å²) >= 11 is 0. The van der Waals surface area contributed by atoms with Gasteiger partial charge in [0, 0.05) is 48.2 Å². The zero-order valence-electron chi connectivity index (χ0n) is 19.4. The van der Waals surface area contributed by atoms with Gasteiger partial charge in [0.25, 0.3) is 0 Å². The van der Waals surface area contributed by atoms with Gasteiger partial charge in [-0.3, -0.25) is 14.3 Å². The van der Waals surface area contributed by atoms with Gasteiger partial charge < -0.3 is 15.2 Å². The molecule has 0 bridgehead atoms. The standard InChI is InChI=1S/C24H35N5O3/c1-16-13-21(18(3)29(16)23-14-17(2)32-27-23)22(30)15-28-11-9-20(10-12-28)26-24(31)25-19-7-5-4-6-8-19/h13-14,19-20H,4-12,15H2,1-3H3,(H2,25,26,31). The molecule has 0 atom stereocenters. The maximum atomic E-state index is 13.0. The molecule has 1 saturated carbocycles. The van der Waals surface area contributed by atoms with E-state index in [1.165, 1.54) is 19.3 Å². The Morgan fingerprint density at radius 2 is 1.66 bits per heavy atom. The summed E-state index contributed by atoms with van der Waals surface area (Å²) in [5.74, 6) is 1.56. The van der Waals surface area contributed by atoms with Crippen LogP contribution in [-0.4, -0.2) is 58.2 Å². The van der Waals surface area contributed by atoms with Crippen LogP contribution in [0.5, 0.6) is 0 Å². The fourth-order valence-electron chi connectivity index (χ4n) is 5.04. The number of ketones is 1. The fraction of sp³-hybridized carbons (Fsp3) is 0.625. The number of carbonyl (C=O) groups is 2. The first-order chi connectivity index (χ1) is 15.4. The molecule has 8 heteroatoms. The Morgan fingerprint density at radius 3 is 2.28 bits per heavy atom. The van der Waals surface area contributed by atoms with Gasteiger partial charge in [-0.2, -0.15) is 0 Å². The van der Waals surface area contributed by atoms with Gasteiger partial charge in [-0.15, -0.1) is 0 Å². The Hall–Kier alpha value is -2.61. The van der Waals surface area contributed by atoms with Gasteiger partial charge in [-0.25, -0.2) is 4.79 Å². The lowest BCUT2D eigenvalue weighted by Crippen LogP contribution is -2.50. The van der Waals surface area contributed by atoms with Gasteiger partial charge in [-0.1, -0.05) is 24.4 Å². The maximum absolute atomic E-state index is 13.0. The highest BCUT2D eigenvalue weighted by molar-refractivity contribution is 5.99. The molecule has 1 aliphatic heterocycles. The van der Waals surface area contributed by atoms with Gasteiger partial charge in [0.2, 0.25) is 0 Å². The third-order valence-corrected chi connectivity index (χ3v) is 6.81. The summed E-state index contributed by atoms with van der Waals surface area (Å²) < 4.78 is 7.16. The topological polar surface area (TPSA) is 92.4 Å². The summed E-state index contributed by atoms with van der Waals surface area (Å²) in [5, 5.41) is 10.4. The van der Waals surface area contributed by atoms with Gasteiger partial charge in [0.15, 0.2) is 11.6 Å². The number of hydrogen-bond acceptors (Lipinski definition) is 5. The first-order valence-electron chi connectivity index (χ1n) is 11.9. The zero-order valence-corrected chi connectivity index (χ0v) is 19.4. The molecule has 1 aliphatic carbocycles. The second kappa shape index (κ2) is 9.90. The lowest BCUT2D eigenvalue weighted by Gasteiger charge is -2.32. The van der Waals surface area contributed by atoms with E-state index in [1.807, 2.05) is 37.5 Å². The Balaban J connectivity index is 1.27. The van der Waals surface area contributed by atoms with Crippen LogP contribution in [0, 0.1) is 20.8 Å². The van der Waals surface area contributed by atoms with E-state index < -0.39 is 0 Å². The first-order valence-corrected chi connectivity index (χ1v) is 11.9. The number of amides is 2. The SMILES string of the molecule is Cc1cc(-n2c(C)cc(C(=O)CN3CCC(NC(=O)NC4CCCCC4)CC3)c2C)no1. The summed E-state index contributed by atoms with van der Waals surface area (Å²) in [6.07, 6.45) is 7.59. The minimum atomic E-state index is -0.0399. The van der Waals surface area contributed by atoms with Crippen molar-refractivity contribution in [3.05, 3.63) is 34.8 Å². The number of urea groups is 1. The molecular formula is C24H35N5O3. The molecule has 0 unspecified atom stereocenters. The molecule has 0 radical (unpaired) electrons. The van der Waals surface area contributed by atoms with Crippen molar-refractivity contribution in [3.63, 3.8) is 0 Å². The number of likely N-dealkylation sites (tertiary alicyclic amines) is 1. The number of nitrogens with zero attached hydrogens (tertiary/aromatic N) is 3. The maximum Gasteiger partial charge on any atom is 0.315 e. The number of aryl methyl sites for hydroxylation is 2. The number of carbonyl (C=O) groups excluding carboxylic acids is 2. The third kappa shape index (κ3) is 5.23. The monoisotopic (exact) mass is 441 g/mol. The van der Waals surface area contributed by atoms with Crippen LogP contribution in [0.1, 0.15) is 72.5 Å². The normalized spacial score (nSPS) is 18.6. The van der Waals surface area contributed by atoms with Crippen molar-refractivity contribution in [2.75, 3.05) is 19.6 Å². The quantitative estimate of drug-likeness (QED) is 0.668. The second-order valence-electron chi connectivity index (χ2n) is 9.34. The number of aromatic nitrogens is 2. The van der Waals surface area contributed by atoms with E-state index in [1.54, 1.807) is 0 Å². The van der Waals surface area contributed by atoms with Crippen molar-refractivity contribution in [1.29, 1.82) is 0 Å². The second-order valence-corrected chi connectivity index (χ2v) is 9.34. The molecule has 1 saturated heterocycles. The molecule has 2 aromatic heterocycles. The molecule has 2 N–H and O–H groups in total. The minimum absolute atomic E-state index is 0.0399. The Morgan fingerprint density at radius 1 is 1.00 bits per heavy atom. The lowest BCUT2D eigenvalue weighted by atomic mass is 9.96. The van der Waals surface area contributed by atoms with E-state index in [2.05, 4.69) is 20.7 Å². The van der Waals surface area contributed by atoms with Crippen LogP contribution in [0.4, 0.5) is 4.79 Å². The van der Waals surface area contributed by atoms with Crippen molar-refractivity contribution >= 4 is 11.8 Å². The molecule has 32 heavy (non-hydrogen) atoms. The minimum Gasteiger partial charge on any atom is -0.360 e. The summed E-state index contributed by atoms with van der Waals surface area (Å²) in [5.41, 5.74) is 2.58. The van der Waals surface area contributed by atoms with Crippen LogP contribution in [0.3, 0.4) is 0 Å². The first kappa shape index (κ1) is 22.6. The van der Waals surface area contributed by atoms with E-state index in [9.17, 15) is 9.59 Å². The van der Waals surface area contributed by atoms with E-state index >= 15 is 0 Å². The van der Waals surface area contributed by atoms with Crippen molar-refractivity contribution in [2.24, 2.45) is 0 Å². The van der Waals surface area contributed by atoms with Crippen molar-refractivity contribution in [1.82, 2.24) is 25.3 Å². The van der Waals surface area contributed by atoms with Crippen LogP contribution < -0.4 is 10.6 Å². The molecule has 174 valence electrons. The van der Waals surface area contributed by atoms with Crippen molar-refractivity contribution in [2.45, 2.75) is 77.8 Å². The highest BCUT2D eigenvalue weighted by Crippen LogP contribution is 2.22. The predicted molar refractivity (Wildman–Crippen MR) is 122 cm³/mol. The van der Waals surface area contributed by atoms with Gasteiger partial charge in [-0.05, 0) is 52.5 Å². The molecule has 2 amide bonds. The summed E-state index contributed by atoms with van der Waals surface area (Å²) in [6, 6.07) is 4.26. The average Bonchev–Trinajstić information content (AvgIpc) is 3.32. The molecular weight excluding hydrogens is 406 g/mol. The molecule has 4 rings (SSSR count). The van der Waals surface area contributed by atoms with E-state index in [0.29, 0.717) is 18.4 Å². The summed E-state index contributed by atoms with van der Waals surface area (Å²) in [6.45, 7) is 7.79. The van der Waals surface area contributed by atoms with Crippen LogP contribution >= 0.6 is 0 Å². The highest BCUT2D eigenvalue weighted by Gasteiger charge is 2.25. The largest absolute Gasteiger partial charge is 0.360 e. The van der Waals surface area contributed by atoms with E-state index in [0.717, 1.165) is 61.5 Å². The Labute approximate surface area is 189 Å². The Kier molecular flexibility index (Phi) is 6.98.